The Balaban J connectivity index is 0.00000306. The van der Waals surface area contributed by atoms with Gasteiger partial charge >= 0.3 is 0 Å². The number of para-hydroxylation sites is 1. The second-order valence-electron chi connectivity index (χ2n) is 7.38. The van der Waals surface area contributed by atoms with E-state index in [2.05, 4.69) is 37.2 Å². The van der Waals surface area contributed by atoms with Crippen LogP contribution in [-0.4, -0.2) is 39.4 Å². The maximum atomic E-state index is 12.2. The Morgan fingerprint density at radius 2 is 2.06 bits per heavy atom. The molecule has 0 unspecified atom stereocenters. The van der Waals surface area contributed by atoms with Gasteiger partial charge < -0.3 is 10.3 Å². The largest absolute Gasteiger partial charge is 0.355 e. The van der Waals surface area contributed by atoms with Crippen LogP contribution in [0.3, 0.4) is 0 Å². The van der Waals surface area contributed by atoms with Crippen LogP contribution in [0.15, 0.2) is 66.2 Å². The molecular formula is C24H26N6OS. The monoisotopic (exact) mass is 447 g/mol. The third kappa shape index (κ3) is 4.86. The SMILES string of the molecule is S.[2H]c1nc(=NC[C@@H](C)c2cccc3c(C(=O)NC)ccnc23)cc(-c2ccc(C)nc2)[nH]1. The summed E-state index contributed by atoms with van der Waals surface area (Å²) in [5, 5.41) is 3.49. The molecule has 164 valence electrons. The van der Waals surface area contributed by atoms with Crippen molar-refractivity contribution in [1.82, 2.24) is 25.3 Å². The van der Waals surface area contributed by atoms with Crippen LogP contribution in [0.2, 0.25) is 0 Å². The predicted octanol–water partition coefficient (Wildman–Crippen LogP) is 3.51. The van der Waals surface area contributed by atoms with Crippen molar-refractivity contribution in [2.24, 2.45) is 4.99 Å². The molecule has 2 N–H and O–H groups in total. The first kappa shape index (κ1) is 21.7. The van der Waals surface area contributed by atoms with Crippen LogP contribution >= 0.6 is 13.5 Å². The van der Waals surface area contributed by atoms with Crippen molar-refractivity contribution >= 4 is 30.3 Å². The Labute approximate surface area is 195 Å². The number of fused-ring (bicyclic) bond motifs is 1. The molecule has 1 atom stereocenters. The number of benzene rings is 1. The van der Waals surface area contributed by atoms with Gasteiger partial charge in [0, 0.05) is 54.6 Å². The molecule has 4 rings (SSSR count). The quantitative estimate of drug-likeness (QED) is 0.489. The van der Waals surface area contributed by atoms with Crippen LogP contribution in [0.25, 0.3) is 22.2 Å². The molecular weight excluding hydrogens is 420 g/mol. The molecule has 4 aromatic rings. The van der Waals surface area contributed by atoms with Gasteiger partial charge in [0.25, 0.3) is 5.91 Å². The molecule has 0 saturated heterocycles. The van der Waals surface area contributed by atoms with Crippen molar-refractivity contribution < 1.29 is 6.17 Å². The molecule has 0 bridgehead atoms. The first-order valence-corrected chi connectivity index (χ1v) is 10.1. The number of pyridine rings is 2. The molecule has 0 aliphatic rings. The Bertz CT molecular complexity index is 1350. The Morgan fingerprint density at radius 3 is 2.81 bits per heavy atom. The molecule has 0 saturated carbocycles. The van der Waals surface area contributed by atoms with E-state index in [1.54, 1.807) is 25.5 Å². The van der Waals surface area contributed by atoms with Crippen molar-refractivity contribution in [1.29, 1.82) is 0 Å². The van der Waals surface area contributed by atoms with Gasteiger partial charge in [0.2, 0.25) is 0 Å². The fourth-order valence-corrected chi connectivity index (χ4v) is 3.46. The van der Waals surface area contributed by atoms with E-state index in [-0.39, 0.29) is 31.6 Å². The summed E-state index contributed by atoms with van der Waals surface area (Å²) in [6.07, 6.45) is 3.46. The maximum Gasteiger partial charge on any atom is 0.251 e. The van der Waals surface area contributed by atoms with Crippen molar-refractivity contribution in [2.75, 3.05) is 13.6 Å². The highest BCUT2D eigenvalue weighted by Crippen LogP contribution is 2.26. The van der Waals surface area contributed by atoms with E-state index < -0.39 is 0 Å². The maximum absolute atomic E-state index is 12.2. The number of aromatic nitrogens is 4. The van der Waals surface area contributed by atoms with Crippen molar-refractivity contribution in [3.63, 3.8) is 0 Å². The lowest BCUT2D eigenvalue weighted by Gasteiger charge is -2.13. The van der Waals surface area contributed by atoms with Gasteiger partial charge in [0.1, 0.15) is 1.37 Å². The smallest absolute Gasteiger partial charge is 0.251 e. The van der Waals surface area contributed by atoms with E-state index in [9.17, 15) is 4.79 Å². The summed E-state index contributed by atoms with van der Waals surface area (Å²) in [7, 11) is 1.62. The van der Waals surface area contributed by atoms with Crippen molar-refractivity contribution in [2.45, 2.75) is 19.8 Å². The Morgan fingerprint density at radius 1 is 1.22 bits per heavy atom. The topological polar surface area (TPSA) is 95.9 Å². The van der Waals surface area contributed by atoms with Gasteiger partial charge in [-0.3, -0.25) is 19.8 Å². The van der Waals surface area contributed by atoms with Gasteiger partial charge in [-0.1, -0.05) is 25.1 Å². The highest BCUT2D eigenvalue weighted by molar-refractivity contribution is 7.59. The highest BCUT2D eigenvalue weighted by atomic mass is 32.1. The second-order valence-corrected chi connectivity index (χ2v) is 7.38. The summed E-state index contributed by atoms with van der Waals surface area (Å²) in [4.78, 5) is 32.9. The Kier molecular flexibility index (Phi) is 6.91. The van der Waals surface area contributed by atoms with Gasteiger partial charge in [-0.15, -0.1) is 0 Å². The summed E-state index contributed by atoms with van der Waals surface area (Å²) < 4.78 is 8.01. The lowest BCUT2D eigenvalue weighted by atomic mass is 9.96. The van der Waals surface area contributed by atoms with Gasteiger partial charge in [-0.05, 0) is 30.7 Å². The molecule has 0 aliphatic carbocycles. The van der Waals surface area contributed by atoms with E-state index in [4.69, 9.17) is 1.37 Å². The zero-order valence-corrected chi connectivity index (χ0v) is 19.2. The molecule has 3 heterocycles. The standard InChI is InChI=1S/C24H24N6O.H2S/c1-15(18-5-4-6-19-20(24(31)25-3)9-10-26-23(18)19)12-28-22-11-21(29-14-30-22)17-8-7-16(2)27-13-17;/h4-11,13-15H,12H2,1-3H3,(H,25,31)(H,28,29,30);1H2/t15-;/m1./s1/i14D;. The number of amides is 1. The normalized spacial score (nSPS) is 12.7. The average molecular weight is 448 g/mol. The van der Waals surface area contributed by atoms with Crippen LogP contribution in [0.1, 0.15) is 35.8 Å². The number of aromatic amines is 1. The number of carbonyl (C=O) groups is 1. The number of aryl methyl sites for hydroxylation is 1. The number of hydrogen-bond donors (Lipinski definition) is 2. The lowest BCUT2D eigenvalue weighted by molar-refractivity contribution is 0.0964. The lowest BCUT2D eigenvalue weighted by Crippen LogP contribution is -2.18. The minimum absolute atomic E-state index is 0. The second kappa shape index (κ2) is 10.2. The molecule has 3 aromatic heterocycles. The predicted molar refractivity (Wildman–Crippen MR) is 131 cm³/mol. The number of rotatable bonds is 5. The van der Waals surface area contributed by atoms with E-state index in [1.165, 1.54) is 0 Å². The summed E-state index contributed by atoms with van der Waals surface area (Å²) in [5.41, 5.74) is 5.42. The third-order valence-electron chi connectivity index (χ3n) is 5.19. The zero-order chi connectivity index (χ0) is 22.7. The number of nitrogens with one attached hydrogen (secondary N) is 2. The first-order chi connectivity index (χ1) is 15.5. The summed E-state index contributed by atoms with van der Waals surface area (Å²) >= 11 is 0. The van der Waals surface area contributed by atoms with Gasteiger partial charge in [-0.2, -0.15) is 13.5 Å². The van der Waals surface area contributed by atoms with Crippen LogP contribution in [-0.2, 0) is 0 Å². The fourth-order valence-electron chi connectivity index (χ4n) is 3.46. The number of nitrogens with zero attached hydrogens (tertiary/aromatic N) is 4. The van der Waals surface area contributed by atoms with E-state index >= 15 is 0 Å². The fraction of sp³-hybridized carbons (Fsp3) is 0.208. The van der Waals surface area contributed by atoms with E-state index in [1.807, 2.05) is 43.3 Å². The zero-order valence-electron chi connectivity index (χ0n) is 19.2. The molecule has 0 fully saturated rings. The van der Waals surface area contributed by atoms with Gasteiger partial charge in [0.15, 0.2) is 5.49 Å². The molecule has 32 heavy (non-hydrogen) atoms. The average Bonchev–Trinajstić information content (AvgIpc) is 2.81. The molecule has 0 spiro atoms. The summed E-state index contributed by atoms with van der Waals surface area (Å²) in [5.74, 6) is -0.103. The number of carbonyl (C=O) groups excluding carboxylic acids is 1. The number of H-pyrrole nitrogens is 1. The van der Waals surface area contributed by atoms with Crippen LogP contribution in [0.4, 0.5) is 0 Å². The highest BCUT2D eigenvalue weighted by Gasteiger charge is 2.14. The van der Waals surface area contributed by atoms with Crippen LogP contribution in [0, 0.1) is 6.92 Å². The van der Waals surface area contributed by atoms with Crippen LogP contribution < -0.4 is 10.8 Å². The summed E-state index contributed by atoms with van der Waals surface area (Å²) in [6, 6.07) is 13.3. The molecule has 8 heteroatoms. The molecule has 0 radical (unpaired) electrons. The minimum Gasteiger partial charge on any atom is -0.355 e. The van der Waals surface area contributed by atoms with Crippen molar-refractivity contribution in [3.05, 3.63) is 83.5 Å². The minimum atomic E-state index is -0.141. The van der Waals surface area contributed by atoms with Crippen molar-refractivity contribution in [3.8, 4) is 11.3 Å². The third-order valence-corrected chi connectivity index (χ3v) is 5.19. The number of hydrogen-bond acceptors (Lipinski definition) is 5. The van der Waals surface area contributed by atoms with Gasteiger partial charge in [0.05, 0.1) is 23.1 Å². The molecule has 0 aliphatic heterocycles. The molecule has 1 amide bonds. The van der Waals surface area contributed by atoms with E-state index in [0.717, 1.165) is 33.4 Å². The van der Waals surface area contributed by atoms with Crippen LogP contribution in [0.5, 0.6) is 0 Å². The molecule has 1 aromatic carbocycles. The summed E-state index contributed by atoms with van der Waals surface area (Å²) in [6.45, 7) is 4.46. The molecule has 7 nitrogen and oxygen atoms in total. The Hall–Kier alpha value is -3.52. The van der Waals surface area contributed by atoms with E-state index in [0.29, 0.717) is 17.6 Å². The first-order valence-electron chi connectivity index (χ1n) is 10.6. The van der Waals surface area contributed by atoms with Gasteiger partial charge in [-0.25, -0.2) is 4.98 Å².